The van der Waals surface area contributed by atoms with Crippen molar-refractivity contribution in [1.82, 2.24) is 0 Å². The van der Waals surface area contributed by atoms with E-state index in [0.29, 0.717) is 0 Å². The summed E-state index contributed by atoms with van der Waals surface area (Å²) >= 11 is 0. The Balaban J connectivity index is 0. The van der Waals surface area contributed by atoms with Crippen molar-refractivity contribution in [2.75, 3.05) is 7.11 Å². The summed E-state index contributed by atoms with van der Waals surface area (Å²) in [5.74, 6) is -1.19. The molecule has 72 valence electrons. The van der Waals surface area contributed by atoms with E-state index < -0.39 is 16.4 Å². The van der Waals surface area contributed by atoms with Crippen LogP contribution in [0.4, 0.5) is 0 Å². The molecule has 0 rings (SSSR count). The first kappa shape index (κ1) is 13.7. The number of hydrogen-bond acceptors (Lipinski definition) is 6. The predicted octanol–water partition coefficient (Wildman–Crippen LogP) is -1.59. The van der Waals surface area contributed by atoms with Crippen LogP contribution in [0, 0.1) is 0 Å². The SMILES string of the molecule is C=C(C)C(=O)[O-].COS(=O)(=O)[O-]. The van der Waals surface area contributed by atoms with E-state index in [2.05, 4.69) is 10.8 Å². The van der Waals surface area contributed by atoms with Crippen LogP contribution in [-0.4, -0.2) is 26.0 Å². The van der Waals surface area contributed by atoms with E-state index in [1.807, 2.05) is 0 Å². The van der Waals surface area contributed by atoms with Crippen LogP contribution in [0.5, 0.6) is 0 Å². The fourth-order valence-electron chi connectivity index (χ4n) is 0. The summed E-state index contributed by atoms with van der Waals surface area (Å²) in [6.45, 7) is 4.48. The fraction of sp³-hybridized carbons (Fsp3) is 0.400. The maximum Gasteiger partial charge on any atom is 0.217 e. The zero-order chi connectivity index (χ0) is 10.4. The van der Waals surface area contributed by atoms with Gasteiger partial charge in [-0.25, -0.2) is 8.42 Å². The van der Waals surface area contributed by atoms with Gasteiger partial charge in [-0.3, -0.25) is 4.18 Å². The molecule has 0 atom stereocenters. The third kappa shape index (κ3) is 16.0. The van der Waals surface area contributed by atoms with Gasteiger partial charge in [0.15, 0.2) is 0 Å². The third-order valence-electron chi connectivity index (χ3n) is 0.553. The van der Waals surface area contributed by atoms with Crippen molar-refractivity contribution in [2.45, 2.75) is 6.92 Å². The highest BCUT2D eigenvalue weighted by Gasteiger charge is 1.79. The summed E-state index contributed by atoms with van der Waals surface area (Å²) < 4.78 is 31.0. The van der Waals surface area contributed by atoms with Crippen LogP contribution >= 0.6 is 0 Å². The normalized spacial score (nSPS) is 9.58. The quantitative estimate of drug-likeness (QED) is 0.299. The molecule has 0 aliphatic heterocycles. The first-order valence-corrected chi connectivity index (χ1v) is 3.92. The van der Waals surface area contributed by atoms with Crippen LogP contribution in [0.25, 0.3) is 0 Å². The minimum Gasteiger partial charge on any atom is -0.726 e. The van der Waals surface area contributed by atoms with Crippen LogP contribution in [0.3, 0.4) is 0 Å². The van der Waals surface area contributed by atoms with Crippen molar-refractivity contribution in [1.29, 1.82) is 0 Å². The van der Waals surface area contributed by atoms with Crippen LogP contribution in [0.15, 0.2) is 12.2 Å². The molecule has 0 aromatic carbocycles. The Hall–Kier alpha value is -0.920. The van der Waals surface area contributed by atoms with Gasteiger partial charge in [0.05, 0.1) is 13.1 Å². The van der Waals surface area contributed by atoms with Crippen LogP contribution in [0.2, 0.25) is 0 Å². The average molecular weight is 196 g/mol. The van der Waals surface area contributed by atoms with Crippen molar-refractivity contribution in [3.8, 4) is 0 Å². The zero-order valence-electron chi connectivity index (χ0n) is 6.56. The van der Waals surface area contributed by atoms with Gasteiger partial charge in [-0.2, -0.15) is 0 Å². The Kier molecular flexibility index (Phi) is 6.48. The van der Waals surface area contributed by atoms with Crippen LogP contribution in [-0.2, 0) is 19.4 Å². The lowest BCUT2D eigenvalue weighted by molar-refractivity contribution is -0.299. The molecule has 0 aromatic rings. The lowest BCUT2D eigenvalue weighted by Gasteiger charge is -1.98. The minimum atomic E-state index is -4.41. The zero-order valence-corrected chi connectivity index (χ0v) is 7.38. The van der Waals surface area contributed by atoms with Gasteiger partial charge in [0.2, 0.25) is 10.4 Å². The topological polar surface area (TPSA) is 107 Å². The molecule has 6 nitrogen and oxygen atoms in total. The second-order valence-corrected chi connectivity index (χ2v) is 2.79. The van der Waals surface area contributed by atoms with Gasteiger partial charge in [0.1, 0.15) is 0 Å². The molecular formula is C5H8O6S-2. The summed E-state index contributed by atoms with van der Waals surface area (Å²) in [6, 6.07) is 0. The molecule has 0 amide bonds. The molecule has 0 aliphatic carbocycles. The molecule has 0 radical (unpaired) electrons. The predicted molar refractivity (Wildman–Crippen MR) is 36.5 cm³/mol. The highest BCUT2D eigenvalue weighted by atomic mass is 32.3. The Morgan fingerprint density at radius 2 is 1.67 bits per heavy atom. The molecule has 7 heteroatoms. The largest absolute Gasteiger partial charge is 0.726 e. The maximum atomic E-state index is 9.49. The van der Waals surface area contributed by atoms with Gasteiger partial charge in [-0.05, 0) is 12.5 Å². The minimum absolute atomic E-state index is 0.0648. The monoisotopic (exact) mass is 196 g/mol. The lowest BCUT2D eigenvalue weighted by Crippen LogP contribution is -2.22. The number of carbonyl (C=O) groups excluding carboxylic acids is 1. The lowest BCUT2D eigenvalue weighted by atomic mass is 10.4. The molecule has 0 N–H and O–H groups in total. The van der Waals surface area contributed by atoms with Crippen LogP contribution in [0.1, 0.15) is 6.92 Å². The van der Waals surface area contributed by atoms with Crippen molar-refractivity contribution >= 4 is 16.4 Å². The number of hydrogen-bond donors (Lipinski definition) is 0. The van der Waals surface area contributed by atoms with Crippen molar-refractivity contribution in [3.63, 3.8) is 0 Å². The smallest absolute Gasteiger partial charge is 0.217 e. The standard InChI is InChI=1S/C4H6O2.CH4O4S/c1-3(2)4(5)6;1-5-6(2,3)4/h1H2,2H3,(H,5,6);1H3,(H,2,3,4)/p-2. The van der Waals surface area contributed by atoms with E-state index >= 15 is 0 Å². The fourth-order valence-corrected chi connectivity index (χ4v) is 0. The van der Waals surface area contributed by atoms with Crippen molar-refractivity contribution in [3.05, 3.63) is 12.2 Å². The van der Waals surface area contributed by atoms with E-state index in [0.717, 1.165) is 7.11 Å². The Bertz CT molecular complexity index is 239. The second kappa shape index (κ2) is 5.70. The average Bonchev–Trinajstić information content (AvgIpc) is 1.87. The number of rotatable bonds is 2. The van der Waals surface area contributed by atoms with Gasteiger partial charge in [-0.15, -0.1) is 0 Å². The van der Waals surface area contributed by atoms with E-state index in [4.69, 9.17) is 0 Å². The van der Waals surface area contributed by atoms with E-state index in [9.17, 15) is 22.9 Å². The van der Waals surface area contributed by atoms with E-state index in [1.54, 1.807) is 0 Å². The summed E-state index contributed by atoms with van der Waals surface area (Å²) in [5.41, 5.74) is 0.0648. The van der Waals surface area contributed by atoms with Gasteiger partial charge in [-0.1, -0.05) is 6.58 Å². The number of carbonyl (C=O) groups is 1. The molecule has 0 saturated carbocycles. The Morgan fingerprint density at radius 1 is 1.50 bits per heavy atom. The molecule has 0 bridgehead atoms. The second-order valence-electron chi connectivity index (χ2n) is 1.64. The molecular weight excluding hydrogens is 188 g/mol. The molecule has 0 saturated heterocycles. The molecule has 0 heterocycles. The Labute approximate surface area is 70.4 Å². The van der Waals surface area contributed by atoms with Gasteiger partial charge in [0, 0.05) is 0 Å². The molecule has 12 heavy (non-hydrogen) atoms. The summed E-state index contributed by atoms with van der Waals surface area (Å²) in [7, 11) is -3.60. The summed E-state index contributed by atoms with van der Waals surface area (Å²) in [4.78, 5) is 9.49. The number of aliphatic carboxylic acids is 1. The Morgan fingerprint density at radius 3 is 1.67 bits per heavy atom. The van der Waals surface area contributed by atoms with Gasteiger partial charge < -0.3 is 14.5 Å². The van der Waals surface area contributed by atoms with Gasteiger partial charge in [0.25, 0.3) is 0 Å². The molecule has 0 spiro atoms. The molecule has 0 fully saturated rings. The summed E-state index contributed by atoms with van der Waals surface area (Å²) in [6.07, 6.45) is 0. The van der Waals surface area contributed by atoms with Gasteiger partial charge >= 0.3 is 0 Å². The number of carboxylic acid groups (broad SMARTS) is 1. The first-order chi connectivity index (χ1) is 5.20. The summed E-state index contributed by atoms with van der Waals surface area (Å²) in [5, 5.41) is 9.49. The first-order valence-electron chi connectivity index (χ1n) is 2.59. The van der Waals surface area contributed by atoms with E-state index in [1.165, 1.54) is 6.92 Å². The van der Waals surface area contributed by atoms with Crippen LogP contribution < -0.4 is 5.11 Å². The van der Waals surface area contributed by atoms with E-state index in [-0.39, 0.29) is 5.57 Å². The van der Waals surface area contributed by atoms with Crippen molar-refractivity contribution in [2.24, 2.45) is 0 Å². The molecule has 0 unspecified atom stereocenters. The van der Waals surface area contributed by atoms with Crippen molar-refractivity contribution < 1.29 is 27.1 Å². The highest BCUT2D eigenvalue weighted by molar-refractivity contribution is 7.80. The highest BCUT2D eigenvalue weighted by Crippen LogP contribution is 1.77. The third-order valence-corrected chi connectivity index (χ3v) is 0.961. The molecule has 0 aliphatic rings. The maximum absolute atomic E-state index is 9.49. The molecule has 0 aromatic heterocycles. The number of carboxylic acids is 1.